The molecule has 0 N–H and O–H groups in total. The molecular weight excluding hydrogens is 555 g/mol. The van der Waals surface area contributed by atoms with Gasteiger partial charge < -0.3 is 4.90 Å². The zero-order valence-corrected chi connectivity index (χ0v) is 26.0. The van der Waals surface area contributed by atoms with Crippen molar-refractivity contribution in [3.05, 3.63) is 175 Å². The molecule has 0 amide bonds. The molecule has 8 aromatic rings. The first-order chi connectivity index (χ1) is 22.6. The molecule has 0 saturated carbocycles. The van der Waals surface area contributed by atoms with Crippen LogP contribution in [0.15, 0.2) is 164 Å². The van der Waals surface area contributed by atoms with Gasteiger partial charge in [0, 0.05) is 22.1 Å². The summed E-state index contributed by atoms with van der Waals surface area (Å²) in [4.78, 5) is 2.50. The van der Waals surface area contributed by atoms with Crippen LogP contribution < -0.4 is 4.90 Å². The summed E-state index contributed by atoms with van der Waals surface area (Å²) >= 11 is 0. The van der Waals surface area contributed by atoms with Crippen LogP contribution in [0.25, 0.3) is 54.6 Å². The van der Waals surface area contributed by atoms with Gasteiger partial charge in [0.2, 0.25) is 0 Å². The molecule has 0 unspecified atom stereocenters. The normalized spacial score (nSPS) is 13.2. The van der Waals surface area contributed by atoms with E-state index < -0.39 is 0 Å². The van der Waals surface area contributed by atoms with Gasteiger partial charge in [-0.05, 0) is 79.0 Å². The summed E-state index contributed by atoms with van der Waals surface area (Å²) in [5.74, 6) is 0. The monoisotopic (exact) mass is 587 g/mol. The van der Waals surface area contributed by atoms with Crippen LogP contribution in [0.5, 0.6) is 0 Å². The van der Waals surface area contributed by atoms with Gasteiger partial charge in [0.1, 0.15) is 0 Å². The van der Waals surface area contributed by atoms with Crippen LogP contribution in [-0.2, 0) is 5.41 Å². The van der Waals surface area contributed by atoms with Gasteiger partial charge >= 0.3 is 0 Å². The van der Waals surface area contributed by atoms with E-state index in [9.17, 15) is 0 Å². The Bertz CT molecular complexity index is 2450. The van der Waals surface area contributed by atoms with Crippen molar-refractivity contribution in [3.63, 3.8) is 0 Å². The lowest BCUT2D eigenvalue weighted by Crippen LogP contribution is -2.16. The zero-order chi connectivity index (χ0) is 30.8. The molecule has 9 rings (SSSR count). The van der Waals surface area contributed by atoms with Crippen molar-refractivity contribution in [2.24, 2.45) is 0 Å². The molecule has 0 aromatic heterocycles. The van der Waals surface area contributed by atoms with Crippen molar-refractivity contribution in [2.45, 2.75) is 19.3 Å². The van der Waals surface area contributed by atoms with Crippen LogP contribution in [0, 0.1) is 0 Å². The van der Waals surface area contributed by atoms with Crippen molar-refractivity contribution in [1.82, 2.24) is 0 Å². The molecule has 0 spiro atoms. The Morgan fingerprint density at radius 3 is 2.00 bits per heavy atom. The van der Waals surface area contributed by atoms with Gasteiger partial charge in [-0.2, -0.15) is 0 Å². The fourth-order valence-corrected chi connectivity index (χ4v) is 7.83. The molecule has 0 heterocycles. The highest BCUT2D eigenvalue weighted by Crippen LogP contribution is 2.55. The third-order valence-corrected chi connectivity index (χ3v) is 10.0. The van der Waals surface area contributed by atoms with E-state index in [0.29, 0.717) is 0 Å². The highest BCUT2D eigenvalue weighted by molar-refractivity contribution is 6.22. The van der Waals surface area contributed by atoms with Gasteiger partial charge in [0.25, 0.3) is 0 Å². The summed E-state index contributed by atoms with van der Waals surface area (Å²) in [6.45, 7) is 4.72. The highest BCUT2D eigenvalue weighted by Gasteiger charge is 2.37. The van der Waals surface area contributed by atoms with Crippen LogP contribution in [0.4, 0.5) is 17.1 Å². The van der Waals surface area contributed by atoms with Crippen molar-refractivity contribution in [3.8, 4) is 22.3 Å². The van der Waals surface area contributed by atoms with Gasteiger partial charge in [-0.1, -0.05) is 153 Å². The van der Waals surface area contributed by atoms with Gasteiger partial charge in [0.15, 0.2) is 0 Å². The summed E-state index contributed by atoms with van der Waals surface area (Å²) in [7, 11) is 0. The van der Waals surface area contributed by atoms with E-state index in [0.717, 1.165) is 5.69 Å². The Morgan fingerprint density at radius 2 is 1.09 bits per heavy atom. The van der Waals surface area contributed by atoms with Gasteiger partial charge in [0.05, 0.1) is 11.4 Å². The van der Waals surface area contributed by atoms with Gasteiger partial charge in [-0.15, -0.1) is 0 Å². The molecule has 1 nitrogen and oxygen atoms in total. The number of hydrogen-bond donors (Lipinski definition) is 0. The number of benzene rings is 8. The van der Waals surface area contributed by atoms with Crippen molar-refractivity contribution >= 4 is 49.4 Å². The lowest BCUT2D eigenvalue weighted by molar-refractivity contribution is 0.660. The molecule has 0 radical (unpaired) electrons. The van der Waals surface area contributed by atoms with Crippen molar-refractivity contribution in [2.75, 3.05) is 4.90 Å². The average molecular weight is 588 g/mol. The molecule has 1 aliphatic carbocycles. The number of rotatable bonds is 4. The first-order valence-corrected chi connectivity index (χ1v) is 16.1. The summed E-state index contributed by atoms with van der Waals surface area (Å²) in [5, 5.41) is 7.62. The Hall–Kier alpha value is -5.66. The van der Waals surface area contributed by atoms with Gasteiger partial charge in [-0.25, -0.2) is 0 Å². The minimum Gasteiger partial charge on any atom is -0.309 e. The Labute approximate surface area is 270 Å². The van der Waals surface area contributed by atoms with E-state index in [-0.39, 0.29) is 5.41 Å². The van der Waals surface area contributed by atoms with E-state index in [2.05, 4.69) is 183 Å². The van der Waals surface area contributed by atoms with Crippen LogP contribution in [0.3, 0.4) is 0 Å². The minimum atomic E-state index is -0.0899. The summed E-state index contributed by atoms with van der Waals surface area (Å²) in [5.41, 5.74) is 11.2. The Morgan fingerprint density at radius 1 is 0.435 bits per heavy atom. The molecule has 1 aliphatic rings. The highest BCUT2D eigenvalue weighted by atomic mass is 15.1. The van der Waals surface area contributed by atoms with E-state index in [4.69, 9.17) is 0 Å². The number of nitrogens with zero attached hydrogens (tertiary/aromatic N) is 1. The summed E-state index contributed by atoms with van der Waals surface area (Å²) in [6, 6.07) is 60.2. The fourth-order valence-electron chi connectivity index (χ4n) is 7.83. The van der Waals surface area contributed by atoms with Crippen molar-refractivity contribution < 1.29 is 0 Å². The molecule has 46 heavy (non-hydrogen) atoms. The first-order valence-electron chi connectivity index (χ1n) is 16.1. The molecule has 0 atom stereocenters. The number of hydrogen-bond acceptors (Lipinski definition) is 1. The smallest absolute Gasteiger partial charge is 0.0543 e. The third kappa shape index (κ3) is 3.95. The maximum Gasteiger partial charge on any atom is 0.0543 e. The Kier molecular flexibility index (Phi) is 5.92. The second-order valence-corrected chi connectivity index (χ2v) is 12.9. The van der Waals surface area contributed by atoms with Gasteiger partial charge in [-0.3, -0.25) is 0 Å². The third-order valence-electron chi connectivity index (χ3n) is 10.0. The summed E-state index contributed by atoms with van der Waals surface area (Å²) < 4.78 is 0. The van der Waals surface area contributed by atoms with E-state index >= 15 is 0 Å². The molecular formula is C45H33N. The quantitative estimate of drug-likeness (QED) is 0.185. The molecule has 218 valence electrons. The minimum absolute atomic E-state index is 0.0899. The molecule has 0 aliphatic heterocycles. The number of anilines is 3. The predicted octanol–water partition coefficient (Wildman–Crippen LogP) is 12.6. The molecule has 0 saturated heterocycles. The maximum absolute atomic E-state index is 2.50. The fraction of sp³-hybridized carbons (Fsp3) is 0.0667. The van der Waals surface area contributed by atoms with Crippen LogP contribution in [0.2, 0.25) is 0 Å². The lowest BCUT2D eigenvalue weighted by Gasteiger charge is -2.30. The van der Waals surface area contributed by atoms with Crippen LogP contribution >= 0.6 is 0 Å². The molecule has 0 fully saturated rings. The topological polar surface area (TPSA) is 3.24 Å². The zero-order valence-electron chi connectivity index (χ0n) is 26.0. The van der Waals surface area contributed by atoms with Crippen LogP contribution in [-0.4, -0.2) is 0 Å². The molecule has 8 aromatic carbocycles. The van der Waals surface area contributed by atoms with Crippen molar-refractivity contribution in [1.29, 1.82) is 0 Å². The first kappa shape index (κ1) is 26.7. The molecule has 1 heteroatoms. The predicted molar refractivity (Wildman–Crippen MR) is 197 cm³/mol. The Balaban J connectivity index is 1.37. The SMILES string of the molecule is CC1(C)c2ccccc2-c2c(N(c3cccc(-c4ccccc4)c3)c3cccc4c3ccc3ccc5ccccc5c34)cccc21. The maximum atomic E-state index is 2.50. The average Bonchev–Trinajstić information content (AvgIpc) is 3.35. The van der Waals surface area contributed by atoms with E-state index in [1.165, 1.54) is 77.1 Å². The number of fused-ring (bicyclic) bond motifs is 8. The summed E-state index contributed by atoms with van der Waals surface area (Å²) in [6.07, 6.45) is 0. The second kappa shape index (κ2) is 10.2. The standard InChI is InChI=1S/C45H33N/c1-45(2)39-21-9-8-19-38(39)44-40(45)22-12-24-42(44)46(34-17-10-16-33(29-34)30-13-4-3-5-14-30)41-23-11-20-37-36(41)28-27-32-26-25-31-15-6-7-18-35(31)43(32)37/h3-29H,1-2H3. The lowest BCUT2D eigenvalue weighted by atomic mass is 9.82. The molecule has 0 bridgehead atoms. The second-order valence-electron chi connectivity index (χ2n) is 12.9. The largest absolute Gasteiger partial charge is 0.309 e. The van der Waals surface area contributed by atoms with E-state index in [1.54, 1.807) is 0 Å². The van der Waals surface area contributed by atoms with E-state index in [1.807, 2.05) is 0 Å². The van der Waals surface area contributed by atoms with Crippen LogP contribution in [0.1, 0.15) is 25.0 Å².